The van der Waals surface area contributed by atoms with E-state index in [1.54, 1.807) is 30.8 Å². The van der Waals surface area contributed by atoms with Gasteiger partial charge >= 0.3 is 24.1 Å². The molecule has 5 aromatic rings. The van der Waals surface area contributed by atoms with E-state index in [0.717, 1.165) is 85.8 Å². The number of fused-ring (bicyclic) bond motifs is 1. The molecule has 4 aromatic carbocycles. The number of rotatable bonds is 18. The van der Waals surface area contributed by atoms with E-state index in [2.05, 4.69) is 18.1 Å². The number of carboxylic acids is 1. The molecule has 9 rings (SSSR count). The van der Waals surface area contributed by atoms with Crippen LogP contribution in [0.4, 0.5) is 39.4 Å². The smallest absolute Gasteiger partial charge is 0.427 e. The summed E-state index contributed by atoms with van der Waals surface area (Å²) in [4.78, 5) is 82.2. The van der Waals surface area contributed by atoms with Crippen molar-refractivity contribution in [2.45, 2.75) is 139 Å². The molecule has 2 aliphatic carbocycles. The molecule has 3 heterocycles. The van der Waals surface area contributed by atoms with Crippen molar-refractivity contribution in [2.75, 3.05) is 60.0 Å². The third-order valence-corrected chi connectivity index (χ3v) is 17.7. The molecule has 4 N–H and O–H groups in total. The molecular weight excluding hydrogens is 1360 g/mol. The molecule has 31 heteroatoms. The number of ketones is 1. The standard InChI is InChI=1S/C17H17ClFNO4.C15H22ClNO2.C15H12F3NO4S.C11H11Cl2NO2.C5H12NO4P/c1-9(2)15-16(21)20(17(22)24-15)13-8-14(11(18)7-12(13)19)23-10-5-3-4-6-10;1-5-13-8-6-7-11(2)15(13)17(14(18)9-16)12(3)10-19-4;1-24(21,22)12-6-9(15(16,17)18)4-5-10(12)13(20)11-7-19-23-14(11)8-2-3-8;1-7-6-16-9-5-3-2-4-8(9)14(7)11(15)10(12)13;1-11(9,10)3-2-4(6)5(7)8/h7-8,10H,3-6H2,1-2H3;6-8,12H,5,9-10H2,1-4H3;4-8H,2-3H2,1H3;2-5,7,10H,6H2,1H3;4H,2-3,6H2,1H3,(H,7,8)(H,9,10). The van der Waals surface area contributed by atoms with Gasteiger partial charge < -0.3 is 49.0 Å². The molecule has 2 saturated carbocycles. The summed E-state index contributed by atoms with van der Waals surface area (Å²) < 4.78 is 114. The summed E-state index contributed by atoms with van der Waals surface area (Å²) in [5.74, 6) is -2.53. The van der Waals surface area contributed by atoms with Crippen LogP contribution in [-0.2, 0) is 55.7 Å². The normalized spacial score (nSPS) is 16.6. The second kappa shape index (κ2) is 34.4. The zero-order valence-corrected chi connectivity index (χ0v) is 57.5. The summed E-state index contributed by atoms with van der Waals surface area (Å²) in [5.41, 5.74) is 7.96. The van der Waals surface area contributed by atoms with E-state index in [1.165, 1.54) is 18.9 Å². The van der Waals surface area contributed by atoms with Gasteiger partial charge in [0.05, 0.1) is 69.1 Å². The number of allylic oxidation sites excluding steroid dienone is 1. The fourth-order valence-electron chi connectivity index (χ4n) is 9.81. The zero-order valence-electron chi connectivity index (χ0n) is 52.8. The SMILES string of the molecule is CC(C)=C1OC(=O)N(c2cc(OC3CCCC3)c(Cl)cc2F)C1=O.CC1COc2ccccc2N1C(=O)C(Cl)Cl.CCc1cccc(C)c1N(C(=O)CCl)C(C)COC.CP(=O)(O)CCC(N)C(=O)O.CS(=O)(=O)c1cc(C(F)(F)F)ccc1C(=O)c1cnoc1C1CC1. The molecule has 4 atom stereocenters. The van der Waals surface area contributed by atoms with Crippen molar-refractivity contribution < 1.29 is 92.8 Å². The number of anilines is 3. The summed E-state index contributed by atoms with van der Waals surface area (Å²) in [7, 11) is -5.51. The fourth-order valence-corrected chi connectivity index (χ4v) is 12.0. The van der Waals surface area contributed by atoms with Crippen LogP contribution in [0.1, 0.15) is 124 Å². The van der Waals surface area contributed by atoms with Crippen LogP contribution in [0.2, 0.25) is 5.02 Å². The van der Waals surface area contributed by atoms with E-state index in [-0.39, 0.29) is 87.7 Å². The number of aliphatic carboxylic acids is 1. The summed E-state index contributed by atoms with van der Waals surface area (Å²) in [6.45, 7) is 13.4. The summed E-state index contributed by atoms with van der Waals surface area (Å²) in [6, 6.07) is 16.7. The number of carboxylic acid groups (broad SMARTS) is 1. The lowest BCUT2D eigenvalue weighted by molar-refractivity contribution is -0.139. The Hall–Kier alpha value is -6.61. The minimum Gasteiger partial charge on any atom is -0.489 e. The highest BCUT2D eigenvalue weighted by molar-refractivity contribution is 7.90. The van der Waals surface area contributed by atoms with Gasteiger partial charge in [0.2, 0.25) is 5.91 Å². The lowest BCUT2D eigenvalue weighted by Gasteiger charge is -2.35. The van der Waals surface area contributed by atoms with Gasteiger partial charge in [0, 0.05) is 43.7 Å². The van der Waals surface area contributed by atoms with Gasteiger partial charge in [-0.2, -0.15) is 13.2 Å². The van der Waals surface area contributed by atoms with Crippen molar-refractivity contribution in [3.63, 3.8) is 0 Å². The Bertz CT molecular complexity index is 3750. The second-order valence-electron chi connectivity index (χ2n) is 22.6. The number of cyclic esters (lactones) is 1. The number of ether oxygens (including phenoxy) is 4. The van der Waals surface area contributed by atoms with Crippen molar-refractivity contribution in [1.29, 1.82) is 0 Å². The molecule has 0 spiro atoms. The first kappa shape index (κ1) is 78.1. The van der Waals surface area contributed by atoms with Crippen LogP contribution in [0.5, 0.6) is 11.5 Å². The first-order chi connectivity index (χ1) is 44.0. The summed E-state index contributed by atoms with van der Waals surface area (Å²) >= 11 is 23.1. The maximum Gasteiger partial charge on any atom is 0.427 e. The minimum absolute atomic E-state index is 0.00962. The molecule has 0 bridgehead atoms. The van der Waals surface area contributed by atoms with Crippen LogP contribution >= 0.6 is 53.8 Å². The van der Waals surface area contributed by atoms with Crippen LogP contribution in [0.3, 0.4) is 0 Å². The van der Waals surface area contributed by atoms with E-state index in [1.807, 2.05) is 57.2 Å². The Morgan fingerprint density at radius 2 is 1.62 bits per heavy atom. The number of benzene rings is 4. The average molecular weight is 1440 g/mol. The minimum atomic E-state index is -4.71. The molecule has 4 unspecified atom stereocenters. The maximum absolute atomic E-state index is 14.3. The summed E-state index contributed by atoms with van der Waals surface area (Å²) in [5, 5.41) is 11.9. The van der Waals surface area contributed by atoms with Gasteiger partial charge in [0.1, 0.15) is 35.8 Å². The Morgan fingerprint density at radius 1 is 0.968 bits per heavy atom. The Balaban J connectivity index is 0.000000218. The number of hydrogen-bond acceptors (Lipinski definition) is 16. The zero-order chi connectivity index (χ0) is 70.3. The number of carbonyl (C=O) groups excluding carboxylic acids is 5. The predicted molar refractivity (Wildman–Crippen MR) is 348 cm³/mol. The van der Waals surface area contributed by atoms with E-state index in [9.17, 15) is 59.3 Å². The number of alkyl halides is 6. The fraction of sp³-hybridized carbons (Fsp3) is 0.444. The average Bonchev–Trinajstić information content (AvgIpc) is 1.49. The molecule has 0 radical (unpaired) electrons. The van der Waals surface area contributed by atoms with Gasteiger partial charge in [0.15, 0.2) is 39.3 Å². The molecule has 21 nitrogen and oxygen atoms in total. The van der Waals surface area contributed by atoms with E-state index in [4.69, 9.17) is 85.6 Å². The number of imide groups is 1. The number of nitrogens with two attached hydrogens (primary N) is 1. The highest BCUT2D eigenvalue weighted by Gasteiger charge is 2.41. The molecule has 3 fully saturated rings. The highest BCUT2D eigenvalue weighted by atomic mass is 35.5. The number of amides is 4. The third-order valence-electron chi connectivity index (χ3n) is 14.6. The predicted octanol–water partition coefficient (Wildman–Crippen LogP) is 13.2. The molecule has 4 aliphatic rings. The number of carbonyl (C=O) groups is 6. The van der Waals surface area contributed by atoms with E-state index in [0.29, 0.717) is 47.3 Å². The number of methoxy groups -OCH3 is 1. The summed E-state index contributed by atoms with van der Waals surface area (Å²) in [6.07, 6.45) is 2.73. The van der Waals surface area contributed by atoms with Crippen molar-refractivity contribution >= 4 is 116 Å². The van der Waals surface area contributed by atoms with Gasteiger partial charge in [-0.3, -0.25) is 28.5 Å². The van der Waals surface area contributed by atoms with Crippen LogP contribution in [0.25, 0.3) is 0 Å². The number of para-hydroxylation sites is 3. The second-order valence-corrected chi connectivity index (χ2v) is 28.9. The third kappa shape index (κ3) is 21.2. The van der Waals surface area contributed by atoms with Crippen LogP contribution in [0, 0.1) is 12.7 Å². The van der Waals surface area contributed by atoms with Crippen molar-refractivity contribution in [3.8, 4) is 11.5 Å². The van der Waals surface area contributed by atoms with Gasteiger partial charge in [-0.05, 0) is 139 Å². The monoisotopic (exact) mass is 1440 g/mol. The van der Waals surface area contributed by atoms with Crippen LogP contribution in [-0.4, -0.2) is 133 Å². The highest BCUT2D eigenvalue weighted by Crippen LogP contribution is 2.43. The molecular formula is C63H74Cl4F4N5O16PS. The molecule has 94 heavy (non-hydrogen) atoms. The van der Waals surface area contributed by atoms with Crippen LogP contribution in [0.15, 0.2) is 99.7 Å². The van der Waals surface area contributed by atoms with Gasteiger partial charge in [-0.1, -0.05) is 77.2 Å². The van der Waals surface area contributed by atoms with Crippen molar-refractivity contribution in [1.82, 2.24) is 5.16 Å². The van der Waals surface area contributed by atoms with Crippen molar-refractivity contribution in [2.24, 2.45) is 5.73 Å². The first-order valence-corrected chi connectivity index (χ1v) is 35.3. The first-order valence-electron chi connectivity index (χ1n) is 29.3. The lowest BCUT2D eigenvalue weighted by atomic mass is 10.0. The van der Waals surface area contributed by atoms with E-state index < -0.39 is 74.3 Å². The van der Waals surface area contributed by atoms with Crippen molar-refractivity contribution in [3.05, 3.63) is 135 Å². The largest absolute Gasteiger partial charge is 0.489 e. The number of halogens is 8. The number of hydrogen-bond donors (Lipinski definition) is 3. The number of aromatic nitrogens is 1. The van der Waals surface area contributed by atoms with Gasteiger partial charge in [-0.15, -0.1) is 11.6 Å². The molecule has 4 amide bonds. The van der Waals surface area contributed by atoms with Crippen LogP contribution < -0.4 is 29.9 Å². The Kier molecular flexibility index (Phi) is 28.5. The van der Waals surface area contributed by atoms with E-state index >= 15 is 0 Å². The lowest BCUT2D eigenvalue weighted by Crippen LogP contribution is -2.47. The quantitative estimate of drug-likeness (QED) is 0.0241. The number of sulfone groups is 1. The molecule has 1 saturated heterocycles. The van der Waals surface area contributed by atoms with Gasteiger partial charge in [0.25, 0.3) is 5.91 Å². The molecule has 514 valence electrons. The Morgan fingerprint density at radius 3 is 2.16 bits per heavy atom. The number of nitrogens with zero attached hydrogens (tertiary/aromatic N) is 4. The molecule has 1 aromatic heterocycles. The molecule has 2 aliphatic heterocycles. The maximum atomic E-state index is 14.3. The van der Waals surface area contributed by atoms with Gasteiger partial charge in [-0.25, -0.2) is 22.5 Å². The topological polar surface area (TPSA) is 293 Å². The number of aryl methyl sites for hydroxylation is 2. The Labute approximate surface area is 562 Å².